The molecule has 0 aliphatic heterocycles. The first kappa shape index (κ1) is 22.5. The summed E-state index contributed by atoms with van der Waals surface area (Å²) in [6, 6.07) is 16.5. The van der Waals surface area contributed by atoms with Crippen molar-refractivity contribution in [2.45, 2.75) is 65.1 Å². The van der Waals surface area contributed by atoms with Gasteiger partial charge in [0.05, 0.1) is 6.04 Å². The lowest BCUT2D eigenvalue weighted by molar-refractivity contribution is 0.210. The summed E-state index contributed by atoms with van der Waals surface area (Å²) in [5, 5.41) is 14.0. The predicted molar refractivity (Wildman–Crippen MR) is 134 cm³/mol. The SMILES string of the molecule is CCN(Cc1ccccc1)[C@H](c1cc2cc(C)c(C)cc2[nH]c1=O)c1nnnn1C1CCCC1. The molecule has 7 nitrogen and oxygen atoms in total. The lowest BCUT2D eigenvalue weighted by atomic mass is 10.00. The van der Waals surface area contributed by atoms with Crippen molar-refractivity contribution in [3.8, 4) is 0 Å². The van der Waals surface area contributed by atoms with E-state index in [1.54, 1.807) is 0 Å². The summed E-state index contributed by atoms with van der Waals surface area (Å²) in [5.74, 6) is 0.748. The molecular formula is C27H32N6O. The Morgan fingerprint density at radius 3 is 2.56 bits per heavy atom. The summed E-state index contributed by atoms with van der Waals surface area (Å²) in [5.41, 5.74) is 5.01. The number of fused-ring (bicyclic) bond motifs is 1. The Hall–Kier alpha value is -3.32. The number of aromatic nitrogens is 5. The summed E-state index contributed by atoms with van der Waals surface area (Å²) in [6.45, 7) is 7.75. The van der Waals surface area contributed by atoms with Crippen LogP contribution in [0.4, 0.5) is 0 Å². The van der Waals surface area contributed by atoms with Crippen LogP contribution in [0.3, 0.4) is 0 Å². The fraction of sp³-hybridized carbons (Fsp3) is 0.407. The van der Waals surface area contributed by atoms with Crippen molar-refractivity contribution in [3.05, 3.63) is 87.0 Å². The van der Waals surface area contributed by atoms with Crippen molar-refractivity contribution in [1.82, 2.24) is 30.1 Å². The highest BCUT2D eigenvalue weighted by atomic mass is 16.1. The topological polar surface area (TPSA) is 79.7 Å². The number of nitrogens with one attached hydrogen (secondary N) is 1. The maximum absolute atomic E-state index is 13.5. The van der Waals surface area contributed by atoms with Crippen molar-refractivity contribution in [3.63, 3.8) is 0 Å². The molecular weight excluding hydrogens is 424 g/mol. The minimum atomic E-state index is -0.351. The average Bonchev–Trinajstić information content (AvgIpc) is 3.53. The van der Waals surface area contributed by atoms with Crippen LogP contribution >= 0.6 is 0 Å². The van der Waals surface area contributed by atoms with E-state index < -0.39 is 0 Å². The molecule has 0 bridgehead atoms. The number of nitrogens with zero attached hydrogens (tertiary/aromatic N) is 5. The number of hydrogen-bond acceptors (Lipinski definition) is 5. The number of hydrogen-bond donors (Lipinski definition) is 1. The smallest absolute Gasteiger partial charge is 0.253 e. The zero-order valence-corrected chi connectivity index (χ0v) is 20.2. The Bertz CT molecular complexity index is 1340. The Balaban J connectivity index is 1.67. The van der Waals surface area contributed by atoms with E-state index in [1.807, 2.05) is 16.8 Å². The number of aryl methyl sites for hydroxylation is 2. The van der Waals surface area contributed by atoms with E-state index in [2.05, 4.69) is 82.6 Å². The molecule has 2 heterocycles. The summed E-state index contributed by atoms with van der Waals surface area (Å²) < 4.78 is 1.98. The van der Waals surface area contributed by atoms with Crippen LogP contribution in [0, 0.1) is 13.8 Å². The largest absolute Gasteiger partial charge is 0.322 e. The van der Waals surface area contributed by atoms with Crippen molar-refractivity contribution in [2.24, 2.45) is 0 Å². The fourth-order valence-electron chi connectivity index (χ4n) is 5.19. The fourth-order valence-corrected chi connectivity index (χ4v) is 5.19. The zero-order chi connectivity index (χ0) is 23.7. The molecule has 5 rings (SSSR count). The number of tetrazole rings is 1. The van der Waals surface area contributed by atoms with E-state index in [-0.39, 0.29) is 17.6 Å². The van der Waals surface area contributed by atoms with Crippen molar-refractivity contribution < 1.29 is 0 Å². The maximum Gasteiger partial charge on any atom is 0.253 e. The number of rotatable bonds is 7. The molecule has 1 aliphatic rings. The van der Waals surface area contributed by atoms with Gasteiger partial charge in [0.25, 0.3) is 5.56 Å². The minimum Gasteiger partial charge on any atom is -0.322 e. The molecule has 34 heavy (non-hydrogen) atoms. The summed E-state index contributed by atoms with van der Waals surface area (Å²) in [7, 11) is 0. The van der Waals surface area contributed by atoms with Crippen molar-refractivity contribution in [2.75, 3.05) is 6.54 Å². The molecule has 1 saturated carbocycles. The third-order valence-corrected chi connectivity index (χ3v) is 7.22. The molecule has 0 spiro atoms. The zero-order valence-electron chi connectivity index (χ0n) is 20.2. The molecule has 0 unspecified atom stereocenters. The summed E-state index contributed by atoms with van der Waals surface area (Å²) in [6.07, 6.45) is 4.51. The number of aromatic amines is 1. The van der Waals surface area contributed by atoms with E-state index in [0.29, 0.717) is 12.1 Å². The first-order chi connectivity index (χ1) is 16.5. The highest BCUT2D eigenvalue weighted by molar-refractivity contribution is 5.81. The van der Waals surface area contributed by atoms with Gasteiger partial charge in [-0.15, -0.1) is 5.10 Å². The van der Waals surface area contributed by atoms with Crippen LogP contribution in [0.1, 0.15) is 72.8 Å². The van der Waals surface area contributed by atoms with Crippen LogP contribution in [0.2, 0.25) is 0 Å². The number of H-pyrrole nitrogens is 1. The molecule has 1 atom stereocenters. The van der Waals surface area contributed by atoms with Crippen molar-refractivity contribution >= 4 is 10.9 Å². The molecule has 7 heteroatoms. The minimum absolute atomic E-state index is 0.0896. The second-order valence-corrected chi connectivity index (χ2v) is 9.45. The van der Waals surface area contributed by atoms with Gasteiger partial charge in [-0.05, 0) is 83.9 Å². The van der Waals surface area contributed by atoms with Crippen LogP contribution in [0.25, 0.3) is 10.9 Å². The lowest BCUT2D eigenvalue weighted by Crippen LogP contribution is -2.35. The maximum atomic E-state index is 13.5. The quantitative estimate of drug-likeness (QED) is 0.430. The normalized spacial score (nSPS) is 15.4. The second-order valence-electron chi connectivity index (χ2n) is 9.45. The summed E-state index contributed by atoms with van der Waals surface area (Å²) >= 11 is 0. The van der Waals surface area contributed by atoms with Gasteiger partial charge in [0.2, 0.25) is 0 Å². The number of benzene rings is 2. The van der Waals surface area contributed by atoms with E-state index in [9.17, 15) is 4.79 Å². The van der Waals surface area contributed by atoms with E-state index >= 15 is 0 Å². The molecule has 2 aromatic carbocycles. The highest BCUT2D eigenvalue weighted by Crippen LogP contribution is 2.34. The first-order valence-electron chi connectivity index (χ1n) is 12.2. The molecule has 0 saturated heterocycles. The molecule has 4 aromatic rings. The third-order valence-electron chi connectivity index (χ3n) is 7.22. The van der Waals surface area contributed by atoms with Crippen LogP contribution in [-0.4, -0.2) is 36.6 Å². The Morgan fingerprint density at radius 1 is 1.09 bits per heavy atom. The standard InChI is InChI=1S/C27H32N6O/c1-4-32(17-20-10-6-5-7-11-20)25(26-29-30-31-33(26)22-12-8-9-13-22)23-16-21-14-18(2)19(3)15-24(21)28-27(23)34/h5-7,10-11,14-16,22,25H,4,8-9,12-13,17H2,1-3H3,(H,28,34)/t25-/m1/s1. The van der Waals surface area contributed by atoms with Crippen LogP contribution < -0.4 is 5.56 Å². The molecule has 0 amide bonds. The van der Waals surface area contributed by atoms with Gasteiger partial charge in [-0.2, -0.15) is 0 Å². The molecule has 1 fully saturated rings. The second kappa shape index (κ2) is 9.50. The monoisotopic (exact) mass is 456 g/mol. The van der Waals surface area contributed by atoms with Gasteiger partial charge in [-0.3, -0.25) is 9.69 Å². The van der Waals surface area contributed by atoms with Crippen LogP contribution in [-0.2, 0) is 6.54 Å². The van der Waals surface area contributed by atoms with E-state index in [0.717, 1.165) is 41.7 Å². The highest BCUT2D eigenvalue weighted by Gasteiger charge is 2.32. The average molecular weight is 457 g/mol. The Labute approximate surface area is 199 Å². The van der Waals surface area contributed by atoms with Gasteiger partial charge in [0, 0.05) is 17.6 Å². The van der Waals surface area contributed by atoms with Gasteiger partial charge in [0.15, 0.2) is 5.82 Å². The van der Waals surface area contributed by atoms with Gasteiger partial charge in [-0.1, -0.05) is 50.1 Å². The molecule has 1 N–H and O–H groups in total. The lowest BCUT2D eigenvalue weighted by Gasteiger charge is -2.30. The number of pyridine rings is 1. The predicted octanol–water partition coefficient (Wildman–Crippen LogP) is 4.86. The molecule has 2 aromatic heterocycles. The summed E-state index contributed by atoms with van der Waals surface area (Å²) in [4.78, 5) is 18.9. The Kier molecular flexibility index (Phi) is 6.28. The van der Waals surface area contributed by atoms with Gasteiger partial charge >= 0.3 is 0 Å². The molecule has 1 aliphatic carbocycles. The third kappa shape index (κ3) is 4.28. The van der Waals surface area contributed by atoms with E-state index in [4.69, 9.17) is 0 Å². The first-order valence-corrected chi connectivity index (χ1v) is 12.2. The molecule has 0 radical (unpaired) electrons. The van der Waals surface area contributed by atoms with Gasteiger partial charge < -0.3 is 4.98 Å². The van der Waals surface area contributed by atoms with Gasteiger partial charge in [-0.25, -0.2) is 4.68 Å². The molecule has 176 valence electrons. The van der Waals surface area contributed by atoms with Crippen LogP contribution in [0.5, 0.6) is 0 Å². The van der Waals surface area contributed by atoms with Crippen molar-refractivity contribution in [1.29, 1.82) is 0 Å². The van der Waals surface area contributed by atoms with Gasteiger partial charge in [0.1, 0.15) is 6.04 Å². The van der Waals surface area contributed by atoms with Crippen LogP contribution in [0.15, 0.2) is 53.3 Å². The van der Waals surface area contributed by atoms with E-state index in [1.165, 1.54) is 24.0 Å². The Morgan fingerprint density at radius 2 is 1.82 bits per heavy atom.